The summed E-state index contributed by atoms with van der Waals surface area (Å²) in [5, 5.41) is 0. The highest BCUT2D eigenvalue weighted by atomic mass is 35.5. The molecule has 0 aliphatic carbocycles. The molecule has 0 aromatic heterocycles. The zero-order chi connectivity index (χ0) is 12.3. The number of carbonyl (C=O) groups excluding carboxylic acids is 1. The van der Waals surface area contributed by atoms with Crippen LogP contribution in [0.3, 0.4) is 0 Å². The summed E-state index contributed by atoms with van der Waals surface area (Å²) < 4.78 is 43.6. The number of benzene rings is 1. The smallest absolute Gasteiger partial charge is 0.390 e. The van der Waals surface area contributed by atoms with E-state index in [1.54, 1.807) is 0 Å². The van der Waals surface area contributed by atoms with Crippen LogP contribution >= 0.6 is 12.4 Å². The number of rotatable bonds is 3. The third-order valence-electron chi connectivity index (χ3n) is 2.14. The first-order chi connectivity index (χ1) is 7.45. The van der Waals surface area contributed by atoms with E-state index in [9.17, 15) is 18.1 Å². The van der Waals surface area contributed by atoms with E-state index >= 15 is 0 Å². The van der Waals surface area contributed by atoms with Crippen molar-refractivity contribution in [3.63, 3.8) is 0 Å². The average molecular weight is 271 g/mol. The Hall–Kier alpha value is -1.43. The van der Waals surface area contributed by atoms with E-state index < -0.39 is 23.0 Å². The van der Waals surface area contributed by atoms with E-state index in [-0.39, 0.29) is 18.2 Å². The maximum absolute atomic E-state index is 13.8. The van der Waals surface area contributed by atoms with Gasteiger partial charge >= 0.3 is 5.97 Å². The molecule has 1 aromatic rings. The summed E-state index contributed by atoms with van der Waals surface area (Å²) in [4.78, 5) is 13.6. The predicted molar refractivity (Wildman–Crippen MR) is 55.9 cm³/mol. The second-order valence-corrected chi connectivity index (χ2v) is 3.19. The Morgan fingerprint density at radius 3 is 2.47 bits per heavy atom. The molecule has 0 unspecified atom stereocenters. The standard InChI is InChI=1S/C10H9F3O3.ClH/c1-10(12,9(14)16-13)6-4-3-5-7(15-2)8(6)11;/h3-5H,1-2H3;1H/t10-;/m0./s1. The van der Waals surface area contributed by atoms with Gasteiger partial charge in [-0.1, -0.05) is 12.1 Å². The summed E-state index contributed by atoms with van der Waals surface area (Å²) in [6, 6.07) is 3.53. The maximum Gasteiger partial charge on any atom is 0.390 e. The molecule has 0 amide bonds. The first kappa shape index (κ1) is 15.6. The maximum atomic E-state index is 13.8. The van der Waals surface area contributed by atoms with Crippen molar-refractivity contribution in [3.05, 3.63) is 29.6 Å². The number of hydrogen-bond donors (Lipinski definition) is 0. The van der Waals surface area contributed by atoms with Gasteiger partial charge < -0.3 is 4.74 Å². The Morgan fingerprint density at radius 2 is 2.00 bits per heavy atom. The average Bonchev–Trinajstić information content (AvgIpc) is 2.27. The topological polar surface area (TPSA) is 35.5 Å². The second-order valence-electron chi connectivity index (χ2n) is 3.19. The lowest BCUT2D eigenvalue weighted by Gasteiger charge is -2.17. The fourth-order valence-electron chi connectivity index (χ4n) is 1.21. The Morgan fingerprint density at radius 1 is 1.41 bits per heavy atom. The van der Waals surface area contributed by atoms with Crippen LogP contribution in [0.2, 0.25) is 0 Å². The molecule has 96 valence electrons. The minimum atomic E-state index is -2.91. The summed E-state index contributed by atoms with van der Waals surface area (Å²) in [7, 11) is 1.19. The molecule has 0 saturated carbocycles. The molecule has 1 aromatic carbocycles. The van der Waals surface area contributed by atoms with Gasteiger partial charge in [-0.25, -0.2) is 13.6 Å². The molecule has 0 radical (unpaired) electrons. The summed E-state index contributed by atoms with van der Waals surface area (Å²) in [5.74, 6) is -3.13. The van der Waals surface area contributed by atoms with Crippen LogP contribution in [0.25, 0.3) is 0 Å². The summed E-state index contributed by atoms with van der Waals surface area (Å²) in [6.45, 7) is 0.701. The molecular weight excluding hydrogens is 261 g/mol. The monoisotopic (exact) mass is 270 g/mol. The molecule has 1 atom stereocenters. The van der Waals surface area contributed by atoms with Crippen LogP contribution < -0.4 is 4.74 Å². The van der Waals surface area contributed by atoms with Crippen molar-refractivity contribution in [2.75, 3.05) is 7.11 Å². The number of halogens is 4. The minimum Gasteiger partial charge on any atom is -0.494 e. The van der Waals surface area contributed by atoms with Gasteiger partial charge in [-0.3, -0.25) is 4.94 Å². The number of alkyl halides is 1. The van der Waals surface area contributed by atoms with Crippen LogP contribution in [-0.4, -0.2) is 13.1 Å². The second kappa shape index (κ2) is 5.77. The van der Waals surface area contributed by atoms with E-state index in [1.807, 2.05) is 0 Å². The fourth-order valence-corrected chi connectivity index (χ4v) is 1.21. The van der Waals surface area contributed by atoms with E-state index in [4.69, 9.17) is 0 Å². The quantitative estimate of drug-likeness (QED) is 0.847. The van der Waals surface area contributed by atoms with Gasteiger partial charge in [0.25, 0.3) is 0 Å². The van der Waals surface area contributed by atoms with Gasteiger partial charge in [-0.05, 0) is 13.0 Å². The highest BCUT2D eigenvalue weighted by Crippen LogP contribution is 2.33. The third-order valence-corrected chi connectivity index (χ3v) is 2.14. The summed E-state index contributed by atoms with van der Waals surface area (Å²) in [5.41, 5.74) is -3.55. The fraction of sp³-hybridized carbons (Fsp3) is 0.300. The zero-order valence-electron chi connectivity index (χ0n) is 9.00. The molecule has 0 heterocycles. The van der Waals surface area contributed by atoms with Crippen molar-refractivity contribution in [2.24, 2.45) is 0 Å². The number of hydrogen-bond acceptors (Lipinski definition) is 3. The molecule has 0 saturated heterocycles. The Kier molecular flexibility index (Phi) is 5.28. The molecule has 0 aliphatic heterocycles. The van der Waals surface area contributed by atoms with Crippen molar-refractivity contribution in [3.8, 4) is 5.75 Å². The third kappa shape index (κ3) is 2.82. The van der Waals surface area contributed by atoms with Gasteiger partial charge in [0.05, 0.1) is 7.11 Å². The molecule has 3 nitrogen and oxygen atoms in total. The molecule has 0 bridgehead atoms. The van der Waals surface area contributed by atoms with Gasteiger partial charge in [0.1, 0.15) is 0 Å². The van der Waals surface area contributed by atoms with Gasteiger partial charge in [0, 0.05) is 10.1 Å². The lowest BCUT2D eigenvalue weighted by Crippen LogP contribution is -2.29. The molecule has 0 N–H and O–H groups in total. The van der Waals surface area contributed by atoms with Crippen molar-refractivity contribution >= 4 is 18.4 Å². The van der Waals surface area contributed by atoms with Gasteiger partial charge in [-0.15, -0.1) is 12.4 Å². The van der Waals surface area contributed by atoms with E-state index in [0.29, 0.717) is 6.92 Å². The van der Waals surface area contributed by atoms with Gasteiger partial charge in [0.15, 0.2) is 11.6 Å². The molecular formula is C10H10ClF3O3. The van der Waals surface area contributed by atoms with Crippen molar-refractivity contribution < 1.29 is 27.8 Å². The van der Waals surface area contributed by atoms with Crippen LogP contribution in [0.4, 0.5) is 13.3 Å². The summed E-state index contributed by atoms with van der Waals surface area (Å²) in [6.07, 6.45) is 0. The highest BCUT2D eigenvalue weighted by molar-refractivity contribution is 5.85. The molecule has 1 rings (SSSR count). The van der Waals surface area contributed by atoms with Crippen LogP contribution in [0.5, 0.6) is 5.75 Å². The number of ether oxygens (including phenoxy) is 1. The highest BCUT2D eigenvalue weighted by Gasteiger charge is 2.41. The van der Waals surface area contributed by atoms with Gasteiger partial charge in [0.2, 0.25) is 5.67 Å². The van der Waals surface area contributed by atoms with E-state index in [2.05, 4.69) is 9.68 Å². The predicted octanol–water partition coefficient (Wildman–Crippen LogP) is 2.87. The molecule has 7 heteroatoms. The van der Waals surface area contributed by atoms with Crippen LogP contribution in [-0.2, 0) is 15.4 Å². The zero-order valence-corrected chi connectivity index (χ0v) is 9.82. The lowest BCUT2D eigenvalue weighted by atomic mass is 9.97. The molecule has 0 fully saturated rings. The minimum absolute atomic E-state index is 0. The number of methoxy groups -OCH3 is 1. The van der Waals surface area contributed by atoms with E-state index in [0.717, 1.165) is 6.07 Å². The summed E-state index contributed by atoms with van der Waals surface area (Å²) >= 11 is 0. The van der Waals surface area contributed by atoms with Crippen LogP contribution in [0, 0.1) is 5.82 Å². The SMILES string of the molecule is COc1cccc([C@](C)(F)C(=O)OF)c1F.Cl. The first-order valence-electron chi connectivity index (χ1n) is 4.30. The Balaban J connectivity index is 0.00000256. The largest absolute Gasteiger partial charge is 0.494 e. The van der Waals surface area contributed by atoms with Crippen LogP contribution in [0.1, 0.15) is 12.5 Å². The van der Waals surface area contributed by atoms with Crippen molar-refractivity contribution in [1.29, 1.82) is 0 Å². The van der Waals surface area contributed by atoms with Gasteiger partial charge in [-0.2, -0.15) is 0 Å². The molecule has 0 spiro atoms. The Labute approximate surface area is 102 Å². The van der Waals surface area contributed by atoms with Crippen molar-refractivity contribution in [2.45, 2.75) is 12.6 Å². The Bertz CT molecular complexity index is 410. The molecule has 0 aliphatic rings. The normalized spacial score (nSPS) is 13.2. The number of carbonyl (C=O) groups is 1. The lowest BCUT2D eigenvalue weighted by molar-refractivity contribution is -0.198. The van der Waals surface area contributed by atoms with Crippen LogP contribution in [0.15, 0.2) is 18.2 Å². The van der Waals surface area contributed by atoms with E-state index in [1.165, 1.54) is 19.2 Å². The molecule has 17 heavy (non-hydrogen) atoms. The first-order valence-corrected chi connectivity index (χ1v) is 4.30. The van der Waals surface area contributed by atoms with Crippen molar-refractivity contribution in [1.82, 2.24) is 0 Å².